The maximum Gasteiger partial charge on any atom is 0.352 e. The van der Waals surface area contributed by atoms with Crippen LogP contribution in [0.25, 0.3) is 11.0 Å². The topological polar surface area (TPSA) is 206 Å². The fraction of sp³-hybridized carbons (Fsp3) is 0.304. The molecule has 5 N–H and O–H groups in total. The van der Waals surface area contributed by atoms with Crippen molar-refractivity contribution in [3.63, 3.8) is 0 Å². The van der Waals surface area contributed by atoms with Crippen LogP contribution in [0.15, 0.2) is 41.0 Å². The Labute approximate surface area is 244 Å². The number of aliphatic carboxylic acids is 2. The fourth-order valence-electron chi connectivity index (χ4n) is 4.34. The molecule has 2 aliphatic heterocycles. The van der Waals surface area contributed by atoms with E-state index in [-0.39, 0.29) is 33.2 Å². The quantitative estimate of drug-likeness (QED) is 0.110. The van der Waals surface area contributed by atoms with Gasteiger partial charge >= 0.3 is 11.9 Å². The fourth-order valence-corrected chi connectivity index (χ4v) is 6.61. The third-order valence-corrected chi connectivity index (χ3v) is 8.68. The van der Waals surface area contributed by atoms with E-state index in [4.69, 9.17) is 27.3 Å². The predicted octanol–water partition coefficient (Wildman–Crippen LogP) is 0.186. The summed E-state index contributed by atoms with van der Waals surface area (Å²) in [5, 5.41) is 29.0. The lowest BCUT2D eigenvalue weighted by molar-refractivity contribution is -0.663. The number of nitrogen functional groups attached to an aromatic ring is 1. The lowest BCUT2D eigenvalue weighted by atomic mass is 10.0. The number of β-lactam (4-membered cyclic amide) rings is 1. The van der Waals surface area contributed by atoms with Crippen molar-refractivity contribution < 1.29 is 38.8 Å². The molecule has 0 spiro atoms. The molecule has 0 bridgehead atoms. The predicted molar refractivity (Wildman–Crippen MR) is 147 cm³/mol. The van der Waals surface area contributed by atoms with E-state index in [1.54, 1.807) is 24.0 Å². The van der Waals surface area contributed by atoms with Crippen LogP contribution in [0.1, 0.15) is 12.6 Å². The number of thiazole rings is 1. The van der Waals surface area contributed by atoms with Crippen LogP contribution in [0.2, 0.25) is 4.34 Å². The van der Waals surface area contributed by atoms with Crippen LogP contribution in [0.4, 0.5) is 5.13 Å². The molecule has 15 nitrogen and oxygen atoms in total. The number of aryl methyl sites for hydroxylation is 1. The molecule has 214 valence electrons. The van der Waals surface area contributed by atoms with Crippen LogP contribution >= 0.6 is 34.7 Å². The number of carbonyl (C=O) groups excluding carboxylic acids is 2. The molecule has 3 aromatic rings. The highest BCUT2D eigenvalue weighted by Crippen LogP contribution is 2.40. The number of thioether (sulfide) groups is 1. The van der Waals surface area contributed by atoms with Crippen molar-refractivity contribution in [2.24, 2.45) is 12.2 Å². The zero-order valence-electron chi connectivity index (χ0n) is 21.3. The molecule has 1 saturated heterocycles. The highest BCUT2D eigenvalue weighted by Gasteiger charge is 2.55. The second-order valence-electron chi connectivity index (χ2n) is 9.03. The number of oxime groups is 1. The first-order chi connectivity index (χ1) is 19.5. The highest BCUT2D eigenvalue weighted by molar-refractivity contribution is 8.00. The molecular weight excluding hydrogens is 600 g/mol. The Balaban J connectivity index is 1.39. The van der Waals surface area contributed by atoms with E-state index in [1.807, 2.05) is 16.8 Å². The molecule has 0 aliphatic carbocycles. The van der Waals surface area contributed by atoms with Gasteiger partial charge in [0.1, 0.15) is 27.1 Å². The minimum atomic E-state index is -1.40. The summed E-state index contributed by atoms with van der Waals surface area (Å²) in [4.78, 5) is 60.0. The first-order valence-corrected chi connectivity index (χ1v) is 14.1. The van der Waals surface area contributed by atoms with E-state index in [2.05, 4.69) is 20.6 Å². The van der Waals surface area contributed by atoms with Gasteiger partial charge in [0.15, 0.2) is 29.1 Å². The molecule has 0 radical (unpaired) electrons. The van der Waals surface area contributed by atoms with Gasteiger partial charge in [0.2, 0.25) is 6.10 Å². The summed E-state index contributed by atoms with van der Waals surface area (Å²) in [5.41, 5.74) is 6.94. The van der Waals surface area contributed by atoms with Gasteiger partial charge in [-0.05, 0) is 13.0 Å². The number of nitrogens with zero attached hydrogens (tertiary/aromatic N) is 6. The van der Waals surface area contributed by atoms with Crippen LogP contribution < -0.4 is 15.6 Å². The van der Waals surface area contributed by atoms with E-state index in [9.17, 15) is 24.3 Å². The Morgan fingerprint density at radius 2 is 2.15 bits per heavy atom. The molecule has 18 heteroatoms. The Morgan fingerprint density at radius 3 is 2.80 bits per heavy atom. The van der Waals surface area contributed by atoms with Crippen molar-refractivity contribution in [3.05, 3.63) is 45.8 Å². The van der Waals surface area contributed by atoms with Crippen molar-refractivity contribution >= 4 is 80.3 Å². The number of carboxylic acid groups (broad SMARTS) is 2. The summed E-state index contributed by atoms with van der Waals surface area (Å²) >= 11 is 8.30. The molecule has 3 atom stereocenters. The number of fused-ring (bicyclic) bond motifs is 2. The number of anilines is 1. The molecule has 5 rings (SSSR count). The van der Waals surface area contributed by atoms with E-state index in [1.165, 1.54) is 18.7 Å². The maximum atomic E-state index is 13.2. The van der Waals surface area contributed by atoms with Crippen molar-refractivity contribution in [1.82, 2.24) is 25.0 Å². The Morgan fingerprint density at radius 1 is 1.39 bits per heavy atom. The molecule has 3 aromatic heterocycles. The number of hydrogen-bond acceptors (Lipinski definition) is 11. The number of halogens is 1. The number of rotatable bonds is 9. The number of amides is 2. The zero-order valence-corrected chi connectivity index (χ0v) is 23.7. The number of carbonyl (C=O) groups is 4. The second-order valence-corrected chi connectivity index (χ2v) is 11.8. The molecular formula is C23H22ClN8O7S2+. The average Bonchev–Trinajstić information content (AvgIpc) is 3.47. The number of pyridine rings is 1. The first-order valence-electron chi connectivity index (χ1n) is 11.9. The standard InChI is InChI=1S/C23H21ClN8O7S2/c1-9(21(35)36)39-29-14(13-17(24)41-23(25)27-13)18(33)26-15-19(34)32-16(22(37)38)10(8-40-20(15)32)6-31-5-3-4-11-12(31)7-30(2)28-11/h3-5,7,9,15,20H,6,8H2,1-2H3,(H4-,25,26,27,33,35,36,37,38)/p+1/t9-,15?,20?/m0/s1. The number of nitrogens with one attached hydrogen (secondary N) is 1. The molecule has 2 amide bonds. The minimum Gasteiger partial charge on any atom is -0.478 e. The maximum absolute atomic E-state index is 13.2. The SMILES string of the molecule is C[C@H](ON=C(C(=O)NC1C(=O)N2C(C(=O)O)=C(C[n+]3cccc4nn(C)cc43)CSC12)c1nc(N)sc1Cl)C(=O)O. The van der Waals surface area contributed by atoms with Gasteiger partial charge in [-0.25, -0.2) is 14.6 Å². The summed E-state index contributed by atoms with van der Waals surface area (Å²) in [6.45, 7) is 1.42. The molecule has 41 heavy (non-hydrogen) atoms. The lowest BCUT2D eigenvalue weighted by Crippen LogP contribution is -2.71. The van der Waals surface area contributed by atoms with Gasteiger partial charge in [-0.15, -0.1) is 11.8 Å². The average molecular weight is 622 g/mol. The van der Waals surface area contributed by atoms with Crippen LogP contribution in [0, 0.1) is 0 Å². The van der Waals surface area contributed by atoms with E-state index in [0.29, 0.717) is 5.57 Å². The Bertz CT molecular complexity index is 1670. The highest BCUT2D eigenvalue weighted by atomic mass is 35.5. The van der Waals surface area contributed by atoms with Crippen LogP contribution in [-0.4, -0.2) is 82.6 Å². The van der Waals surface area contributed by atoms with Gasteiger partial charge in [-0.2, -0.15) is 9.67 Å². The molecule has 2 unspecified atom stereocenters. The monoisotopic (exact) mass is 621 g/mol. The van der Waals surface area contributed by atoms with E-state index < -0.39 is 47.0 Å². The van der Waals surface area contributed by atoms with Crippen LogP contribution in [-0.2, 0) is 37.6 Å². The summed E-state index contributed by atoms with van der Waals surface area (Å²) in [5.74, 6) is -3.90. The smallest absolute Gasteiger partial charge is 0.352 e. The molecule has 0 saturated carbocycles. The third-order valence-electron chi connectivity index (χ3n) is 6.26. The van der Waals surface area contributed by atoms with Gasteiger partial charge in [0.25, 0.3) is 17.3 Å². The van der Waals surface area contributed by atoms with Crippen LogP contribution in [0.5, 0.6) is 0 Å². The minimum absolute atomic E-state index is 0.00143. The van der Waals surface area contributed by atoms with Gasteiger partial charge < -0.3 is 26.1 Å². The van der Waals surface area contributed by atoms with Gasteiger partial charge in [-0.1, -0.05) is 28.1 Å². The first kappa shape index (κ1) is 28.3. The molecule has 1 fully saturated rings. The third kappa shape index (κ3) is 5.30. The Kier molecular flexibility index (Phi) is 7.58. The number of carboxylic acids is 2. The summed E-state index contributed by atoms with van der Waals surface area (Å²) in [7, 11) is 1.78. The van der Waals surface area contributed by atoms with Gasteiger partial charge in [0, 0.05) is 24.4 Å². The largest absolute Gasteiger partial charge is 0.478 e. The number of hydrogen-bond donors (Lipinski definition) is 4. The normalized spacial score (nSPS) is 19.5. The second kappa shape index (κ2) is 11.0. The summed E-state index contributed by atoms with van der Waals surface area (Å²) in [6.07, 6.45) is 2.22. The van der Waals surface area contributed by atoms with Crippen molar-refractivity contribution in [1.29, 1.82) is 0 Å². The van der Waals surface area contributed by atoms with E-state index in [0.717, 1.165) is 27.3 Å². The lowest BCUT2D eigenvalue weighted by Gasteiger charge is -2.49. The number of nitrogens with two attached hydrogens (primary N) is 1. The van der Waals surface area contributed by atoms with E-state index >= 15 is 0 Å². The zero-order chi connectivity index (χ0) is 29.6. The Hall–Kier alpha value is -4.22. The van der Waals surface area contributed by atoms with Gasteiger partial charge in [0.05, 0.1) is 6.20 Å². The van der Waals surface area contributed by atoms with Crippen molar-refractivity contribution in [2.75, 3.05) is 11.5 Å². The molecule has 5 heterocycles. The molecule has 2 aliphatic rings. The summed E-state index contributed by atoms with van der Waals surface area (Å²) in [6, 6.07) is 2.54. The van der Waals surface area contributed by atoms with Crippen molar-refractivity contribution in [3.8, 4) is 0 Å². The van der Waals surface area contributed by atoms with Crippen LogP contribution in [0.3, 0.4) is 0 Å². The number of aromatic nitrogens is 4. The summed E-state index contributed by atoms with van der Waals surface area (Å²) < 4.78 is 3.51. The van der Waals surface area contributed by atoms with Crippen molar-refractivity contribution in [2.45, 2.75) is 31.0 Å². The molecule has 0 aromatic carbocycles. The van der Waals surface area contributed by atoms with Gasteiger partial charge in [-0.3, -0.25) is 19.2 Å².